The van der Waals surface area contributed by atoms with E-state index in [2.05, 4.69) is 29.8 Å². The van der Waals surface area contributed by atoms with Crippen LogP contribution in [0, 0.1) is 0 Å². The number of benzene rings is 1. The first-order valence-electron chi connectivity index (χ1n) is 5.78. The van der Waals surface area contributed by atoms with Gasteiger partial charge in [-0.2, -0.15) is 0 Å². The predicted molar refractivity (Wildman–Crippen MR) is 69.6 cm³/mol. The van der Waals surface area contributed by atoms with Crippen LogP contribution in [0.4, 0.5) is 0 Å². The predicted octanol–water partition coefficient (Wildman–Crippen LogP) is 2.88. The zero-order valence-corrected chi connectivity index (χ0v) is 10.8. The van der Waals surface area contributed by atoms with Crippen LogP contribution in [0.3, 0.4) is 0 Å². The fourth-order valence-electron chi connectivity index (χ4n) is 2.24. The van der Waals surface area contributed by atoms with Crippen molar-refractivity contribution in [1.29, 1.82) is 0 Å². The van der Waals surface area contributed by atoms with E-state index in [1.54, 1.807) is 18.9 Å². The molecule has 1 heterocycles. The van der Waals surface area contributed by atoms with Crippen molar-refractivity contribution < 1.29 is 4.74 Å². The number of thioether (sulfide) groups is 1. The molecule has 1 unspecified atom stereocenters. The van der Waals surface area contributed by atoms with E-state index >= 15 is 0 Å². The third-order valence-corrected chi connectivity index (χ3v) is 3.93. The van der Waals surface area contributed by atoms with Crippen molar-refractivity contribution in [3.8, 4) is 5.75 Å². The SMILES string of the molecule is COc1ccc(C2CCCNC2)cc1SC. The second kappa shape index (κ2) is 5.60. The van der Waals surface area contributed by atoms with Crippen LogP contribution < -0.4 is 10.1 Å². The lowest BCUT2D eigenvalue weighted by Crippen LogP contribution is -2.28. The quantitative estimate of drug-likeness (QED) is 0.817. The molecule has 1 aliphatic rings. The van der Waals surface area contributed by atoms with Gasteiger partial charge in [0, 0.05) is 11.4 Å². The van der Waals surface area contributed by atoms with Crippen LogP contribution in [0.15, 0.2) is 23.1 Å². The number of hydrogen-bond donors (Lipinski definition) is 1. The molecule has 0 aromatic heterocycles. The molecule has 0 amide bonds. The maximum Gasteiger partial charge on any atom is 0.132 e. The summed E-state index contributed by atoms with van der Waals surface area (Å²) in [5, 5.41) is 3.46. The van der Waals surface area contributed by atoms with E-state index in [9.17, 15) is 0 Å². The van der Waals surface area contributed by atoms with Gasteiger partial charge < -0.3 is 10.1 Å². The standard InChI is InChI=1S/C13H19NOS/c1-15-12-6-5-10(8-13(12)16-2)11-4-3-7-14-9-11/h5-6,8,11,14H,3-4,7,9H2,1-2H3. The van der Waals surface area contributed by atoms with Crippen LogP contribution in [0.2, 0.25) is 0 Å². The number of nitrogens with one attached hydrogen (secondary N) is 1. The molecule has 16 heavy (non-hydrogen) atoms. The Morgan fingerprint density at radius 2 is 2.31 bits per heavy atom. The number of hydrogen-bond acceptors (Lipinski definition) is 3. The van der Waals surface area contributed by atoms with Gasteiger partial charge in [-0.1, -0.05) is 6.07 Å². The van der Waals surface area contributed by atoms with Crippen LogP contribution in [-0.2, 0) is 0 Å². The molecule has 0 bridgehead atoms. The zero-order chi connectivity index (χ0) is 11.4. The highest BCUT2D eigenvalue weighted by Crippen LogP contribution is 2.32. The molecule has 1 aromatic rings. The van der Waals surface area contributed by atoms with Crippen LogP contribution in [-0.4, -0.2) is 26.5 Å². The Hall–Kier alpha value is -0.670. The second-order valence-corrected chi connectivity index (χ2v) is 5.01. The molecule has 0 saturated carbocycles. The number of methoxy groups -OCH3 is 1. The van der Waals surface area contributed by atoms with Gasteiger partial charge in [0.15, 0.2) is 0 Å². The molecule has 1 saturated heterocycles. The maximum absolute atomic E-state index is 5.34. The van der Waals surface area contributed by atoms with Gasteiger partial charge in [0.25, 0.3) is 0 Å². The van der Waals surface area contributed by atoms with E-state index in [1.807, 2.05) is 0 Å². The summed E-state index contributed by atoms with van der Waals surface area (Å²) in [6.07, 6.45) is 4.68. The van der Waals surface area contributed by atoms with Gasteiger partial charge in [-0.15, -0.1) is 11.8 Å². The van der Waals surface area contributed by atoms with E-state index in [1.165, 1.54) is 29.8 Å². The summed E-state index contributed by atoms with van der Waals surface area (Å²) in [6.45, 7) is 2.28. The molecule has 0 aliphatic carbocycles. The van der Waals surface area contributed by atoms with Crippen molar-refractivity contribution >= 4 is 11.8 Å². The lowest BCUT2D eigenvalue weighted by molar-refractivity contribution is 0.403. The number of piperidine rings is 1. The molecule has 1 fully saturated rings. The smallest absolute Gasteiger partial charge is 0.132 e. The Labute approximate surface area is 102 Å². The first-order chi connectivity index (χ1) is 7.85. The summed E-state index contributed by atoms with van der Waals surface area (Å²) in [4.78, 5) is 1.24. The molecule has 1 aromatic carbocycles. The molecule has 1 aliphatic heterocycles. The van der Waals surface area contributed by atoms with Crippen molar-refractivity contribution in [2.75, 3.05) is 26.5 Å². The largest absolute Gasteiger partial charge is 0.496 e. The summed E-state index contributed by atoms with van der Waals surface area (Å²) < 4.78 is 5.34. The van der Waals surface area contributed by atoms with E-state index in [4.69, 9.17) is 4.74 Å². The van der Waals surface area contributed by atoms with Crippen LogP contribution >= 0.6 is 11.8 Å². The van der Waals surface area contributed by atoms with Gasteiger partial charge >= 0.3 is 0 Å². The number of ether oxygens (including phenoxy) is 1. The minimum absolute atomic E-state index is 0.672. The molecule has 2 rings (SSSR count). The Morgan fingerprint density at radius 3 is 2.94 bits per heavy atom. The third kappa shape index (κ3) is 2.53. The van der Waals surface area contributed by atoms with Crippen LogP contribution in [0.25, 0.3) is 0 Å². The van der Waals surface area contributed by atoms with Crippen LogP contribution in [0.1, 0.15) is 24.3 Å². The monoisotopic (exact) mass is 237 g/mol. The Balaban J connectivity index is 2.20. The molecule has 2 nitrogen and oxygen atoms in total. The molecule has 1 N–H and O–H groups in total. The van der Waals surface area contributed by atoms with Crippen LogP contribution in [0.5, 0.6) is 5.75 Å². The molecule has 88 valence electrons. The molecule has 0 spiro atoms. The molecular weight excluding hydrogens is 218 g/mol. The van der Waals surface area contributed by atoms with Crippen molar-refractivity contribution in [1.82, 2.24) is 5.32 Å². The molecular formula is C13H19NOS. The topological polar surface area (TPSA) is 21.3 Å². The second-order valence-electron chi connectivity index (χ2n) is 4.16. The summed E-state index contributed by atoms with van der Waals surface area (Å²) >= 11 is 1.75. The molecule has 1 atom stereocenters. The first kappa shape index (κ1) is 11.8. The Kier molecular flexibility index (Phi) is 4.13. The number of rotatable bonds is 3. The van der Waals surface area contributed by atoms with Gasteiger partial charge in [-0.05, 0) is 49.3 Å². The van der Waals surface area contributed by atoms with E-state index < -0.39 is 0 Å². The zero-order valence-electron chi connectivity index (χ0n) is 9.95. The van der Waals surface area contributed by atoms with Crippen molar-refractivity contribution in [3.05, 3.63) is 23.8 Å². The van der Waals surface area contributed by atoms with Gasteiger partial charge in [0.05, 0.1) is 7.11 Å². The summed E-state index contributed by atoms with van der Waals surface area (Å²) in [5.41, 5.74) is 1.44. The minimum atomic E-state index is 0.672. The highest BCUT2D eigenvalue weighted by molar-refractivity contribution is 7.98. The summed E-state index contributed by atoms with van der Waals surface area (Å²) in [6, 6.07) is 6.58. The van der Waals surface area contributed by atoms with Gasteiger partial charge in [-0.25, -0.2) is 0 Å². The fraction of sp³-hybridized carbons (Fsp3) is 0.538. The summed E-state index contributed by atoms with van der Waals surface area (Å²) in [7, 11) is 1.73. The molecule has 3 heteroatoms. The highest BCUT2D eigenvalue weighted by Gasteiger charge is 2.16. The fourth-order valence-corrected chi connectivity index (χ4v) is 2.85. The average Bonchev–Trinajstić information content (AvgIpc) is 2.39. The Bertz CT molecular complexity index is 348. The summed E-state index contributed by atoms with van der Waals surface area (Å²) in [5.74, 6) is 1.66. The van der Waals surface area contributed by atoms with Crippen molar-refractivity contribution in [2.45, 2.75) is 23.7 Å². The minimum Gasteiger partial charge on any atom is -0.496 e. The third-order valence-electron chi connectivity index (χ3n) is 3.18. The van der Waals surface area contributed by atoms with Gasteiger partial charge in [-0.3, -0.25) is 0 Å². The average molecular weight is 237 g/mol. The van der Waals surface area contributed by atoms with E-state index in [0.717, 1.165) is 12.3 Å². The highest BCUT2D eigenvalue weighted by atomic mass is 32.2. The van der Waals surface area contributed by atoms with E-state index in [0.29, 0.717) is 5.92 Å². The van der Waals surface area contributed by atoms with E-state index in [-0.39, 0.29) is 0 Å². The van der Waals surface area contributed by atoms with Gasteiger partial charge in [0.2, 0.25) is 0 Å². The molecule has 0 radical (unpaired) electrons. The Morgan fingerprint density at radius 1 is 1.44 bits per heavy atom. The van der Waals surface area contributed by atoms with Gasteiger partial charge in [0.1, 0.15) is 5.75 Å². The normalized spacial score (nSPS) is 20.8. The maximum atomic E-state index is 5.34. The lowest BCUT2D eigenvalue weighted by atomic mass is 9.92. The van der Waals surface area contributed by atoms with Crippen molar-refractivity contribution in [3.63, 3.8) is 0 Å². The first-order valence-corrected chi connectivity index (χ1v) is 7.00. The van der Waals surface area contributed by atoms with Crippen molar-refractivity contribution in [2.24, 2.45) is 0 Å². The lowest BCUT2D eigenvalue weighted by Gasteiger charge is -2.23.